The van der Waals surface area contributed by atoms with Crippen LogP contribution >= 0.6 is 0 Å². The second kappa shape index (κ2) is 6.89. The molecule has 0 aliphatic rings. The van der Waals surface area contributed by atoms with E-state index in [0.717, 1.165) is 11.4 Å². The molecule has 0 fully saturated rings. The summed E-state index contributed by atoms with van der Waals surface area (Å²) in [5.74, 6) is 0. The van der Waals surface area contributed by atoms with Crippen LogP contribution in [0.3, 0.4) is 0 Å². The fourth-order valence-corrected chi connectivity index (χ4v) is 1.96. The van der Waals surface area contributed by atoms with Crippen LogP contribution in [0.1, 0.15) is 6.92 Å². The van der Waals surface area contributed by atoms with E-state index in [1.165, 1.54) is 0 Å². The number of hydrogen-bond acceptors (Lipinski definition) is 3. The molecule has 0 amide bonds. The number of hydrazine groups is 1. The third-order valence-corrected chi connectivity index (χ3v) is 3.08. The number of aliphatic hydroxyl groups excluding tert-OH is 1. The lowest BCUT2D eigenvalue weighted by Crippen LogP contribution is -2.46. The monoisotopic (exact) mass is 268 g/mol. The van der Waals surface area contributed by atoms with Gasteiger partial charge in [0.15, 0.2) is 0 Å². The average molecular weight is 268 g/mol. The van der Waals surface area contributed by atoms with E-state index in [9.17, 15) is 5.11 Å². The van der Waals surface area contributed by atoms with E-state index in [4.69, 9.17) is 0 Å². The van der Waals surface area contributed by atoms with Crippen LogP contribution in [0.4, 0.5) is 11.4 Å². The van der Waals surface area contributed by atoms with Gasteiger partial charge in [-0.3, -0.25) is 5.01 Å². The molecule has 0 aliphatic heterocycles. The highest BCUT2D eigenvalue weighted by atomic mass is 16.3. The van der Waals surface area contributed by atoms with Gasteiger partial charge in [-0.25, -0.2) is 5.43 Å². The first-order valence-corrected chi connectivity index (χ1v) is 6.69. The van der Waals surface area contributed by atoms with Gasteiger partial charge in [-0.15, -0.1) is 6.58 Å². The average Bonchev–Trinajstić information content (AvgIpc) is 2.50. The largest absolute Gasteiger partial charge is 0.391 e. The summed E-state index contributed by atoms with van der Waals surface area (Å²) in [5, 5.41) is 11.8. The zero-order valence-electron chi connectivity index (χ0n) is 11.6. The van der Waals surface area contributed by atoms with Crippen LogP contribution in [-0.2, 0) is 0 Å². The Kier molecular flexibility index (Phi) is 4.93. The Hall–Kier alpha value is -2.10. The lowest BCUT2D eigenvalue weighted by molar-refractivity contribution is 0.164. The molecule has 104 valence electrons. The molecule has 0 saturated heterocycles. The van der Waals surface area contributed by atoms with Crippen LogP contribution in [-0.4, -0.2) is 17.3 Å². The third-order valence-electron chi connectivity index (χ3n) is 3.08. The number of para-hydroxylation sites is 2. The molecule has 0 aromatic heterocycles. The summed E-state index contributed by atoms with van der Waals surface area (Å²) in [6.45, 7) is 5.52. The van der Waals surface area contributed by atoms with E-state index in [-0.39, 0.29) is 6.04 Å². The Labute approximate surface area is 120 Å². The Morgan fingerprint density at radius 2 is 1.45 bits per heavy atom. The minimum absolute atomic E-state index is 0.226. The first kappa shape index (κ1) is 14.3. The summed E-state index contributed by atoms with van der Waals surface area (Å²) in [5.41, 5.74) is 5.31. The molecule has 3 nitrogen and oxygen atoms in total. The first-order valence-electron chi connectivity index (χ1n) is 6.69. The Morgan fingerprint density at radius 3 is 1.80 bits per heavy atom. The van der Waals surface area contributed by atoms with Crippen LogP contribution in [0.5, 0.6) is 0 Å². The molecule has 0 aliphatic carbocycles. The number of rotatable bonds is 6. The van der Waals surface area contributed by atoms with Gasteiger partial charge >= 0.3 is 0 Å². The minimum atomic E-state index is -0.526. The Morgan fingerprint density at radius 1 is 1.00 bits per heavy atom. The van der Waals surface area contributed by atoms with Crippen molar-refractivity contribution in [3.63, 3.8) is 0 Å². The van der Waals surface area contributed by atoms with Gasteiger partial charge in [0.1, 0.15) is 0 Å². The maximum atomic E-state index is 9.79. The van der Waals surface area contributed by atoms with Crippen molar-refractivity contribution in [3.8, 4) is 0 Å². The lowest BCUT2D eigenvalue weighted by Gasteiger charge is -2.30. The van der Waals surface area contributed by atoms with E-state index in [1.54, 1.807) is 13.0 Å². The van der Waals surface area contributed by atoms with Crippen molar-refractivity contribution in [2.24, 2.45) is 0 Å². The maximum absolute atomic E-state index is 9.79. The molecule has 0 radical (unpaired) electrons. The molecule has 2 atom stereocenters. The van der Waals surface area contributed by atoms with Crippen molar-refractivity contribution >= 4 is 11.4 Å². The van der Waals surface area contributed by atoms with Gasteiger partial charge in [0.05, 0.1) is 23.5 Å². The van der Waals surface area contributed by atoms with E-state index in [1.807, 2.05) is 65.7 Å². The number of nitrogens with one attached hydrogen (secondary N) is 1. The van der Waals surface area contributed by atoms with Crippen LogP contribution in [0.25, 0.3) is 0 Å². The predicted octanol–water partition coefficient (Wildman–Crippen LogP) is 3.26. The Bertz CT molecular complexity index is 486. The third kappa shape index (κ3) is 3.47. The second-order valence-electron chi connectivity index (χ2n) is 4.64. The summed E-state index contributed by atoms with van der Waals surface area (Å²) < 4.78 is 0. The van der Waals surface area contributed by atoms with Crippen LogP contribution < -0.4 is 10.4 Å². The SMILES string of the molecule is C=C[C@@H](NN(c1ccccc1)c1ccccc1)[C@H](C)O. The van der Waals surface area contributed by atoms with Crippen LogP contribution in [0.15, 0.2) is 73.3 Å². The van der Waals surface area contributed by atoms with Gasteiger partial charge in [-0.2, -0.15) is 0 Å². The van der Waals surface area contributed by atoms with Gasteiger partial charge in [-0.1, -0.05) is 42.5 Å². The highest BCUT2D eigenvalue weighted by Crippen LogP contribution is 2.23. The fraction of sp³-hybridized carbons (Fsp3) is 0.176. The minimum Gasteiger partial charge on any atom is -0.391 e. The van der Waals surface area contributed by atoms with E-state index >= 15 is 0 Å². The number of nitrogens with zero attached hydrogens (tertiary/aromatic N) is 1. The predicted molar refractivity (Wildman–Crippen MR) is 83.8 cm³/mol. The van der Waals surface area contributed by atoms with E-state index in [0.29, 0.717) is 0 Å². The molecule has 3 heteroatoms. The van der Waals surface area contributed by atoms with Crippen molar-refractivity contribution in [2.75, 3.05) is 5.01 Å². The highest BCUT2D eigenvalue weighted by Gasteiger charge is 2.16. The highest BCUT2D eigenvalue weighted by molar-refractivity contribution is 5.61. The topological polar surface area (TPSA) is 35.5 Å². The van der Waals surface area contributed by atoms with Crippen molar-refractivity contribution in [1.82, 2.24) is 5.43 Å². The molecule has 0 bridgehead atoms. The molecular weight excluding hydrogens is 248 g/mol. The number of aliphatic hydroxyl groups is 1. The van der Waals surface area contributed by atoms with Crippen molar-refractivity contribution in [3.05, 3.63) is 73.3 Å². The molecule has 0 heterocycles. The molecular formula is C17H20N2O. The molecule has 0 spiro atoms. The summed E-state index contributed by atoms with van der Waals surface area (Å²) in [4.78, 5) is 0. The quantitative estimate of drug-likeness (QED) is 0.623. The normalized spacial score (nSPS) is 13.5. The van der Waals surface area contributed by atoms with Crippen LogP contribution in [0, 0.1) is 0 Å². The summed E-state index contributed by atoms with van der Waals surface area (Å²) in [6, 6.07) is 19.7. The van der Waals surface area contributed by atoms with Crippen molar-refractivity contribution in [2.45, 2.75) is 19.1 Å². The second-order valence-corrected chi connectivity index (χ2v) is 4.64. The fourth-order valence-electron chi connectivity index (χ4n) is 1.96. The standard InChI is InChI=1S/C17H20N2O/c1-3-17(14(2)20)18-19(15-10-6-4-7-11-15)16-12-8-5-9-13-16/h3-14,17-18,20H,1H2,2H3/t14-,17+/m0/s1. The summed E-state index contributed by atoms with van der Waals surface area (Å²) >= 11 is 0. The van der Waals surface area contributed by atoms with Gasteiger partial charge in [0.25, 0.3) is 0 Å². The van der Waals surface area contributed by atoms with Gasteiger partial charge in [0.2, 0.25) is 0 Å². The zero-order valence-corrected chi connectivity index (χ0v) is 11.6. The molecule has 2 aromatic rings. The van der Waals surface area contributed by atoms with Crippen molar-refractivity contribution in [1.29, 1.82) is 0 Å². The smallest absolute Gasteiger partial charge is 0.0718 e. The molecule has 2 rings (SSSR count). The zero-order chi connectivity index (χ0) is 14.4. The van der Waals surface area contributed by atoms with E-state index in [2.05, 4.69) is 12.0 Å². The van der Waals surface area contributed by atoms with E-state index < -0.39 is 6.10 Å². The van der Waals surface area contributed by atoms with Gasteiger partial charge in [0, 0.05) is 0 Å². The first-order chi connectivity index (χ1) is 9.72. The van der Waals surface area contributed by atoms with Crippen LogP contribution in [0.2, 0.25) is 0 Å². The molecule has 2 aromatic carbocycles. The van der Waals surface area contributed by atoms with Gasteiger partial charge < -0.3 is 5.11 Å². The lowest BCUT2D eigenvalue weighted by atomic mass is 10.2. The summed E-state index contributed by atoms with van der Waals surface area (Å²) in [7, 11) is 0. The molecule has 2 N–H and O–H groups in total. The number of hydrogen-bond donors (Lipinski definition) is 2. The summed E-state index contributed by atoms with van der Waals surface area (Å²) in [6.07, 6.45) is 1.19. The molecule has 20 heavy (non-hydrogen) atoms. The van der Waals surface area contributed by atoms with Gasteiger partial charge in [-0.05, 0) is 31.2 Å². The molecule has 0 unspecified atom stereocenters. The molecule has 0 saturated carbocycles. The maximum Gasteiger partial charge on any atom is 0.0718 e. The Balaban J connectivity index is 2.32. The number of benzene rings is 2. The van der Waals surface area contributed by atoms with Crippen molar-refractivity contribution < 1.29 is 5.11 Å². The number of anilines is 2.